The number of nitrogens with zero attached hydrogens (tertiary/aromatic N) is 2. The third-order valence-electron chi connectivity index (χ3n) is 5.51. The Bertz CT molecular complexity index is 1250. The van der Waals surface area contributed by atoms with Crippen molar-refractivity contribution in [2.24, 2.45) is 5.92 Å². The Hall–Kier alpha value is -3.68. The minimum atomic E-state index is -0.525. The quantitative estimate of drug-likeness (QED) is 0.426. The maximum Gasteiger partial charge on any atom is 0.331 e. The molecule has 180 valence electrons. The second-order valence-electron chi connectivity index (χ2n) is 8.76. The molecule has 0 aliphatic rings. The van der Waals surface area contributed by atoms with E-state index in [0.29, 0.717) is 49.2 Å². The Balaban J connectivity index is 1.72. The fourth-order valence-electron chi connectivity index (χ4n) is 3.68. The molecule has 1 aromatic heterocycles. The zero-order valence-electron chi connectivity index (χ0n) is 19.8. The summed E-state index contributed by atoms with van der Waals surface area (Å²) in [6, 6.07) is 16.3. The highest BCUT2D eigenvalue weighted by Gasteiger charge is 2.15. The van der Waals surface area contributed by atoms with Crippen molar-refractivity contribution in [2.75, 3.05) is 6.54 Å². The second-order valence-corrected chi connectivity index (χ2v) is 8.76. The van der Waals surface area contributed by atoms with Gasteiger partial charge in [-0.1, -0.05) is 56.3 Å². The maximum absolute atomic E-state index is 13.2. The van der Waals surface area contributed by atoms with Gasteiger partial charge in [-0.25, -0.2) is 4.79 Å². The number of amides is 2. The molecule has 0 aliphatic heterocycles. The van der Waals surface area contributed by atoms with Crippen LogP contribution >= 0.6 is 0 Å². The summed E-state index contributed by atoms with van der Waals surface area (Å²) in [6.07, 6.45) is 1.40. The molecule has 34 heavy (non-hydrogen) atoms. The van der Waals surface area contributed by atoms with Crippen molar-refractivity contribution in [1.82, 2.24) is 19.8 Å². The third kappa shape index (κ3) is 6.66. The molecule has 0 saturated heterocycles. The number of hydrogen-bond donors (Lipinski definition) is 2. The Morgan fingerprint density at radius 1 is 0.853 bits per heavy atom. The molecule has 2 amide bonds. The van der Waals surface area contributed by atoms with E-state index in [1.54, 1.807) is 24.3 Å². The number of carbonyl (C=O) groups excluding carboxylic acids is 2. The van der Waals surface area contributed by atoms with Crippen molar-refractivity contribution in [1.29, 1.82) is 0 Å². The topological polar surface area (TPSA) is 102 Å². The van der Waals surface area contributed by atoms with Gasteiger partial charge in [0.15, 0.2) is 0 Å². The number of fused-ring (bicyclic) bond motifs is 1. The van der Waals surface area contributed by atoms with Crippen LogP contribution in [0.15, 0.2) is 64.2 Å². The van der Waals surface area contributed by atoms with Crippen LogP contribution in [0.3, 0.4) is 0 Å². The van der Waals surface area contributed by atoms with Gasteiger partial charge >= 0.3 is 5.69 Å². The highest BCUT2D eigenvalue weighted by atomic mass is 16.2. The second kappa shape index (κ2) is 12.0. The average molecular weight is 465 g/mol. The van der Waals surface area contributed by atoms with Gasteiger partial charge in [0, 0.05) is 26.1 Å². The van der Waals surface area contributed by atoms with Crippen molar-refractivity contribution in [3.63, 3.8) is 0 Å². The molecule has 8 nitrogen and oxygen atoms in total. The van der Waals surface area contributed by atoms with E-state index in [0.717, 1.165) is 5.56 Å². The first-order valence-electron chi connectivity index (χ1n) is 11.7. The van der Waals surface area contributed by atoms with Crippen LogP contribution in [-0.4, -0.2) is 27.5 Å². The van der Waals surface area contributed by atoms with Crippen LogP contribution in [0.5, 0.6) is 0 Å². The Kier molecular flexibility index (Phi) is 8.79. The van der Waals surface area contributed by atoms with Gasteiger partial charge in [-0.3, -0.25) is 23.5 Å². The van der Waals surface area contributed by atoms with Crippen molar-refractivity contribution < 1.29 is 9.59 Å². The first kappa shape index (κ1) is 25.0. The van der Waals surface area contributed by atoms with Gasteiger partial charge < -0.3 is 10.6 Å². The zero-order valence-corrected chi connectivity index (χ0v) is 19.8. The van der Waals surface area contributed by atoms with E-state index in [2.05, 4.69) is 10.6 Å². The van der Waals surface area contributed by atoms with Gasteiger partial charge in [-0.05, 0) is 36.5 Å². The van der Waals surface area contributed by atoms with Gasteiger partial charge in [0.25, 0.3) is 5.56 Å². The molecule has 0 aliphatic carbocycles. The summed E-state index contributed by atoms with van der Waals surface area (Å²) in [7, 11) is 0. The minimum absolute atomic E-state index is 0.0351. The van der Waals surface area contributed by atoms with Gasteiger partial charge in [0.2, 0.25) is 11.8 Å². The smallest absolute Gasteiger partial charge is 0.331 e. The average Bonchev–Trinajstić information content (AvgIpc) is 2.84. The molecule has 3 aromatic rings. The summed E-state index contributed by atoms with van der Waals surface area (Å²) >= 11 is 0. The molecule has 2 N–H and O–H groups in total. The fourth-order valence-corrected chi connectivity index (χ4v) is 3.68. The van der Waals surface area contributed by atoms with Gasteiger partial charge in [-0.2, -0.15) is 0 Å². The van der Waals surface area contributed by atoms with Crippen molar-refractivity contribution in [2.45, 2.75) is 52.7 Å². The molecule has 8 heteroatoms. The lowest BCUT2D eigenvalue weighted by molar-refractivity contribution is -0.122. The maximum atomic E-state index is 13.2. The van der Waals surface area contributed by atoms with Crippen molar-refractivity contribution in [3.8, 4) is 0 Å². The highest BCUT2D eigenvalue weighted by Crippen LogP contribution is 2.08. The molecule has 0 atom stereocenters. The van der Waals surface area contributed by atoms with E-state index in [1.807, 2.05) is 44.2 Å². The molecular weight excluding hydrogens is 432 g/mol. The summed E-state index contributed by atoms with van der Waals surface area (Å²) in [5.41, 5.74) is 0.473. The SMILES string of the molecule is CC(C)CNC(=O)CCCCn1c(=O)c2ccccc2n(CC(=O)NCc2ccccc2)c1=O. The molecule has 0 bridgehead atoms. The molecule has 1 heterocycles. The number of aromatic nitrogens is 2. The van der Waals surface area contributed by atoms with Gasteiger partial charge in [0.05, 0.1) is 10.9 Å². The third-order valence-corrected chi connectivity index (χ3v) is 5.51. The van der Waals surface area contributed by atoms with Gasteiger partial charge in [0.1, 0.15) is 6.54 Å². The standard InChI is InChI=1S/C26H32N4O4/c1-19(2)16-27-23(31)14-8-9-15-29-25(33)21-12-6-7-13-22(21)30(26(29)34)18-24(32)28-17-20-10-4-3-5-11-20/h3-7,10-13,19H,8-9,14-18H2,1-2H3,(H,27,31)(H,28,32). The van der Waals surface area contributed by atoms with Crippen LogP contribution in [0, 0.1) is 5.92 Å². The van der Waals surface area contributed by atoms with Crippen molar-refractivity contribution in [3.05, 3.63) is 81.0 Å². The van der Waals surface area contributed by atoms with Crippen LogP contribution in [0.4, 0.5) is 0 Å². The van der Waals surface area contributed by atoms with Crippen LogP contribution in [-0.2, 0) is 29.2 Å². The molecule has 0 spiro atoms. The number of para-hydroxylation sites is 1. The predicted octanol–water partition coefficient (Wildman–Crippen LogP) is 2.42. The van der Waals surface area contributed by atoms with E-state index >= 15 is 0 Å². The molecule has 3 rings (SSSR count). The van der Waals surface area contributed by atoms with E-state index < -0.39 is 5.69 Å². The Labute approximate surface area is 198 Å². The minimum Gasteiger partial charge on any atom is -0.356 e. The lowest BCUT2D eigenvalue weighted by Crippen LogP contribution is -2.42. The highest BCUT2D eigenvalue weighted by molar-refractivity contribution is 5.81. The van der Waals surface area contributed by atoms with Crippen LogP contribution in [0.1, 0.15) is 38.7 Å². The normalized spacial score (nSPS) is 11.0. The zero-order chi connectivity index (χ0) is 24.5. The summed E-state index contributed by atoms with van der Waals surface area (Å²) in [5.74, 6) is 0.0265. The van der Waals surface area contributed by atoms with Crippen LogP contribution in [0.25, 0.3) is 10.9 Å². The first-order valence-corrected chi connectivity index (χ1v) is 11.7. The molecule has 0 saturated carbocycles. The number of rotatable bonds is 11. The number of nitrogens with one attached hydrogen (secondary N) is 2. The van der Waals surface area contributed by atoms with Crippen LogP contribution in [0.2, 0.25) is 0 Å². The molecule has 0 fully saturated rings. The van der Waals surface area contributed by atoms with E-state index in [4.69, 9.17) is 0 Å². The van der Waals surface area contributed by atoms with Crippen molar-refractivity contribution >= 4 is 22.7 Å². The van der Waals surface area contributed by atoms with Gasteiger partial charge in [-0.15, -0.1) is 0 Å². The molecule has 0 radical (unpaired) electrons. The lowest BCUT2D eigenvalue weighted by Gasteiger charge is -2.14. The number of hydrogen-bond acceptors (Lipinski definition) is 4. The molecule has 2 aromatic carbocycles. The lowest BCUT2D eigenvalue weighted by atomic mass is 10.2. The van der Waals surface area contributed by atoms with E-state index in [-0.39, 0.29) is 30.5 Å². The molecule has 0 unspecified atom stereocenters. The van der Waals surface area contributed by atoms with Crippen LogP contribution < -0.4 is 21.9 Å². The summed E-state index contributed by atoms with van der Waals surface area (Å²) < 4.78 is 2.51. The predicted molar refractivity (Wildman–Crippen MR) is 132 cm³/mol. The monoisotopic (exact) mass is 464 g/mol. The van der Waals surface area contributed by atoms with E-state index in [1.165, 1.54) is 9.13 Å². The summed E-state index contributed by atoms with van der Waals surface area (Å²) in [5, 5.41) is 6.07. The number of benzene rings is 2. The number of carbonyl (C=O) groups is 2. The summed E-state index contributed by atoms with van der Waals surface area (Å²) in [6.45, 7) is 5.03. The largest absolute Gasteiger partial charge is 0.356 e. The first-order chi connectivity index (χ1) is 16.4. The Morgan fingerprint density at radius 2 is 1.56 bits per heavy atom. The fraction of sp³-hybridized carbons (Fsp3) is 0.385. The Morgan fingerprint density at radius 3 is 2.29 bits per heavy atom. The number of unbranched alkanes of at least 4 members (excludes halogenated alkanes) is 1. The summed E-state index contributed by atoms with van der Waals surface area (Å²) in [4.78, 5) is 50.7. The van der Waals surface area contributed by atoms with E-state index in [9.17, 15) is 19.2 Å². The molecular formula is C26H32N4O4.